The highest BCUT2D eigenvalue weighted by Gasteiger charge is 2.35. The second-order valence-corrected chi connectivity index (χ2v) is 5.16. The summed E-state index contributed by atoms with van der Waals surface area (Å²) < 4.78 is 4.91. The second kappa shape index (κ2) is 5.88. The normalized spacial score (nSPS) is 16.6. The molecule has 3 amide bonds. The summed E-state index contributed by atoms with van der Waals surface area (Å²) in [6, 6.07) is 4.57. The molecule has 21 heavy (non-hydrogen) atoms. The molecule has 0 unspecified atom stereocenters. The van der Waals surface area contributed by atoms with E-state index in [9.17, 15) is 19.5 Å². The fraction of sp³-hybridized carbons (Fsp3) is 0.154. The Morgan fingerprint density at radius 3 is 2.76 bits per heavy atom. The molecule has 0 aromatic heterocycles. The van der Waals surface area contributed by atoms with Gasteiger partial charge in [-0.25, -0.2) is 0 Å². The van der Waals surface area contributed by atoms with Crippen molar-refractivity contribution >= 4 is 34.9 Å². The summed E-state index contributed by atoms with van der Waals surface area (Å²) in [6.45, 7) is -0.449. The number of rotatable bonds is 4. The van der Waals surface area contributed by atoms with E-state index in [4.69, 9.17) is 10.5 Å². The van der Waals surface area contributed by atoms with Crippen LogP contribution in [-0.4, -0.2) is 40.7 Å². The van der Waals surface area contributed by atoms with Crippen molar-refractivity contribution < 1.29 is 24.2 Å². The SMILES string of the molecule is COc1ccc(/C=C2\SC(=O)N(CC(N)=O)C2=O)cc1O. The van der Waals surface area contributed by atoms with Gasteiger partial charge < -0.3 is 15.6 Å². The first-order valence-electron chi connectivity index (χ1n) is 5.83. The van der Waals surface area contributed by atoms with Gasteiger partial charge in [-0.1, -0.05) is 6.07 Å². The lowest BCUT2D eigenvalue weighted by Gasteiger charge is -2.08. The highest BCUT2D eigenvalue weighted by Crippen LogP contribution is 2.33. The van der Waals surface area contributed by atoms with Gasteiger partial charge in [0.1, 0.15) is 6.54 Å². The maximum absolute atomic E-state index is 12.0. The Bertz CT molecular complexity index is 656. The van der Waals surface area contributed by atoms with Crippen LogP contribution >= 0.6 is 11.8 Å². The van der Waals surface area contributed by atoms with E-state index in [0.29, 0.717) is 23.1 Å². The summed E-state index contributed by atoms with van der Waals surface area (Å²) in [5.74, 6) is -1.13. The zero-order valence-corrected chi connectivity index (χ0v) is 11.8. The first kappa shape index (κ1) is 14.9. The minimum Gasteiger partial charge on any atom is -0.504 e. The van der Waals surface area contributed by atoms with Gasteiger partial charge in [0.2, 0.25) is 5.91 Å². The molecule has 1 aliphatic heterocycles. The van der Waals surface area contributed by atoms with E-state index in [1.165, 1.54) is 25.3 Å². The predicted octanol–water partition coefficient (Wildman–Crippen LogP) is 0.922. The van der Waals surface area contributed by atoms with E-state index in [0.717, 1.165) is 4.90 Å². The average molecular weight is 308 g/mol. The monoisotopic (exact) mass is 308 g/mol. The summed E-state index contributed by atoms with van der Waals surface area (Å²) in [7, 11) is 1.42. The fourth-order valence-electron chi connectivity index (χ4n) is 1.74. The Labute approximate surface area is 124 Å². The average Bonchev–Trinajstić information content (AvgIpc) is 2.66. The number of aromatic hydroxyl groups is 1. The molecule has 0 bridgehead atoms. The van der Waals surface area contributed by atoms with Crippen LogP contribution in [0.25, 0.3) is 6.08 Å². The topological polar surface area (TPSA) is 110 Å². The number of methoxy groups -OCH3 is 1. The molecular formula is C13H12N2O5S. The van der Waals surface area contributed by atoms with Crippen LogP contribution in [0.3, 0.4) is 0 Å². The van der Waals surface area contributed by atoms with Gasteiger partial charge >= 0.3 is 0 Å². The maximum Gasteiger partial charge on any atom is 0.294 e. The number of phenols is 1. The van der Waals surface area contributed by atoms with Crippen molar-refractivity contribution in [2.24, 2.45) is 5.73 Å². The van der Waals surface area contributed by atoms with E-state index in [1.807, 2.05) is 0 Å². The lowest BCUT2D eigenvalue weighted by atomic mass is 10.2. The van der Waals surface area contributed by atoms with Crippen LogP contribution in [-0.2, 0) is 9.59 Å². The summed E-state index contributed by atoms with van der Waals surface area (Å²) in [5.41, 5.74) is 5.51. The summed E-state index contributed by atoms with van der Waals surface area (Å²) in [4.78, 5) is 35.4. The molecule has 1 saturated heterocycles. The molecule has 0 radical (unpaired) electrons. The second-order valence-electron chi connectivity index (χ2n) is 4.17. The molecule has 3 N–H and O–H groups in total. The number of carbonyl (C=O) groups is 3. The summed E-state index contributed by atoms with van der Waals surface area (Å²) in [6.07, 6.45) is 1.45. The maximum atomic E-state index is 12.0. The van der Waals surface area contributed by atoms with Crippen molar-refractivity contribution in [1.82, 2.24) is 4.90 Å². The molecule has 0 aliphatic carbocycles. The highest BCUT2D eigenvalue weighted by atomic mass is 32.2. The third-order valence-electron chi connectivity index (χ3n) is 2.69. The van der Waals surface area contributed by atoms with E-state index < -0.39 is 23.6 Å². The van der Waals surface area contributed by atoms with Crippen molar-refractivity contribution in [3.63, 3.8) is 0 Å². The largest absolute Gasteiger partial charge is 0.504 e. The zero-order valence-electron chi connectivity index (χ0n) is 11.0. The number of primary amides is 1. The van der Waals surface area contributed by atoms with Gasteiger partial charge in [0.05, 0.1) is 12.0 Å². The number of ether oxygens (including phenoxy) is 1. The molecule has 2 rings (SSSR count). The van der Waals surface area contributed by atoms with E-state index >= 15 is 0 Å². The van der Waals surface area contributed by atoms with Crippen LogP contribution in [0.1, 0.15) is 5.56 Å². The minimum atomic E-state index is -0.763. The number of hydrogen-bond donors (Lipinski definition) is 2. The fourth-order valence-corrected chi connectivity index (χ4v) is 2.58. The Morgan fingerprint density at radius 2 is 2.19 bits per heavy atom. The van der Waals surface area contributed by atoms with Crippen LogP contribution < -0.4 is 10.5 Å². The highest BCUT2D eigenvalue weighted by molar-refractivity contribution is 8.18. The number of nitrogens with zero attached hydrogens (tertiary/aromatic N) is 1. The first-order valence-corrected chi connectivity index (χ1v) is 6.64. The Balaban J connectivity index is 2.26. The number of hydrogen-bond acceptors (Lipinski definition) is 6. The summed E-state index contributed by atoms with van der Waals surface area (Å²) >= 11 is 0.712. The van der Waals surface area contributed by atoms with Crippen molar-refractivity contribution in [3.8, 4) is 11.5 Å². The molecule has 1 aromatic carbocycles. The number of benzene rings is 1. The molecule has 8 heteroatoms. The lowest BCUT2D eigenvalue weighted by molar-refractivity contribution is -0.127. The van der Waals surface area contributed by atoms with Gasteiger partial charge in [-0.15, -0.1) is 0 Å². The van der Waals surface area contributed by atoms with E-state index in [2.05, 4.69) is 0 Å². The van der Waals surface area contributed by atoms with Crippen LogP contribution in [0, 0.1) is 0 Å². The van der Waals surface area contributed by atoms with Crippen molar-refractivity contribution in [3.05, 3.63) is 28.7 Å². The standard InChI is InChI=1S/C13H12N2O5S/c1-20-9-3-2-7(4-8(9)16)5-10-12(18)15(6-11(14)17)13(19)21-10/h2-5,16H,6H2,1H3,(H2,14,17)/b10-5-. The van der Waals surface area contributed by atoms with E-state index in [-0.39, 0.29) is 10.7 Å². The van der Waals surface area contributed by atoms with Gasteiger partial charge in [-0.05, 0) is 35.5 Å². The van der Waals surface area contributed by atoms with Gasteiger partial charge in [-0.2, -0.15) is 0 Å². The first-order chi connectivity index (χ1) is 9.92. The molecule has 1 aliphatic rings. The third kappa shape index (κ3) is 3.16. The quantitative estimate of drug-likeness (QED) is 0.800. The van der Waals surface area contributed by atoms with Crippen LogP contribution in [0.2, 0.25) is 0 Å². The third-order valence-corrected chi connectivity index (χ3v) is 3.60. The molecule has 1 aromatic rings. The van der Waals surface area contributed by atoms with Crippen LogP contribution in [0.15, 0.2) is 23.1 Å². The molecular weight excluding hydrogens is 296 g/mol. The van der Waals surface area contributed by atoms with Gasteiger partial charge in [0.15, 0.2) is 11.5 Å². The van der Waals surface area contributed by atoms with Crippen molar-refractivity contribution in [2.45, 2.75) is 0 Å². The van der Waals surface area contributed by atoms with Gasteiger partial charge in [-0.3, -0.25) is 19.3 Å². The number of amides is 3. The molecule has 0 spiro atoms. The van der Waals surface area contributed by atoms with Crippen LogP contribution in [0.5, 0.6) is 11.5 Å². The molecule has 7 nitrogen and oxygen atoms in total. The molecule has 1 fully saturated rings. The Morgan fingerprint density at radius 1 is 1.48 bits per heavy atom. The number of phenolic OH excluding ortho intramolecular Hbond substituents is 1. The number of thioether (sulfide) groups is 1. The van der Waals surface area contributed by atoms with Gasteiger partial charge in [0.25, 0.3) is 11.1 Å². The number of nitrogens with two attached hydrogens (primary N) is 1. The molecule has 1 heterocycles. The van der Waals surface area contributed by atoms with E-state index in [1.54, 1.807) is 6.07 Å². The predicted molar refractivity (Wildman–Crippen MR) is 76.5 cm³/mol. The van der Waals surface area contributed by atoms with Crippen LogP contribution in [0.4, 0.5) is 4.79 Å². The van der Waals surface area contributed by atoms with Gasteiger partial charge in [0, 0.05) is 0 Å². The smallest absolute Gasteiger partial charge is 0.294 e. The molecule has 0 atom stereocenters. The zero-order chi connectivity index (χ0) is 15.6. The Hall–Kier alpha value is -2.48. The lowest BCUT2D eigenvalue weighted by Crippen LogP contribution is -2.36. The minimum absolute atomic E-state index is 0.0809. The summed E-state index contributed by atoms with van der Waals surface area (Å²) in [5, 5.41) is 9.12. The Kier molecular flexibility index (Phi) is 4.18. The number of carbonyl (C=O) groups excluding carboxylic acids is 3. The van der Waals surface area contributed by atoms with Crippen molar-refractivity contribution in [1.29, 1.82) is 0 Å². The number of imide groups is 1. The molecule has 110 valence electrons. The molecule has 0 saturated carbocycles. The van der Waals surface area contributed by atoms with Crippen molar-refractivity contribution in [2.75, 3.05) is 13.7 Å².